The van der Waals surface area contributed by atoms with Gasteiger partial charge in [-0.25, -0.2) is 4.79 Å². The maximum absolute atomic E-state index is 12.0. The van der Waals surface area contributed by atoms with E-state index in [-0.39, 0.29) is 30.3 Å². The third-order valence-corrected chi connectivity index (χ3v) is 3.64. The van der Waals surface area contributed by atoms with E-state index in [9.17, 15) is 9.90 Å². The van der Waals surface area contributed by atoms with Crippen LogP contribution in [0.2, 0.25) is 0 Å². The Morgan fingerprint density at radius 2 is 2.26 bits per heavy atom. The highest BCUT2D eigenvalue weighted by molar-refractivity contribution is 6.09. The molecule has 0 aliphatic carbocycles. The molecule has 6 heteroatoms. The fraction of sp³-hybridized carbons (Fsp3) is 0.385. The van der Waals surface area contributed by atoms with Crippen LogP contribution < -0.4 is 10.1 Å². The molecule has 2 aliphatic heterocycles. The van der Waals surface area contributed by atoms with Crippen LogP contribution in [0.15, 0.2) is 18.2 Å². The molecule has 0 aromatic heterocycles. The lowest BCUT2D eigenvalue weighted by molar-refractivity contribution is 0.128. The Kier molecular flexibility index (Phi) is 2.26. The number of amides is 2. The first-order valence-corrected chi connectivity index (χ1v) is 6.12. The number of phenolic OH excluding ortho intramolecular Hbond substituents is 1. The Balaban J connectivity index is 2.19. The van der Waals surface area contributed by atoms with E-state index in [0.717, 1.165) is 5.56 Å². The van der Waals surface area contributed by atoms with Crippen LogP contribution in [0.3, 0.4) is 0 Å². The molecule has 1 spiro atoms. The minimum absolute atomic E-state index is 0.0637. The number of carbonyl (C=O) groups excluding carboxylic acids is 1. The zero-order chi connectivity index (χ0) is 13.8. The van der Waals surface area contributed by atoms with Crippen molar-refractivity contribution in [3.05, 3.63) is 23.8 Å². The standard InChI is InChI=1S/C13H15N3O3/c1-7(2)16-12(18)15-11(14)13(16)6-19-10-5-8(17)3-4-9(10)13/h3-5,7,17H,6H2,1-2H3,(H2,14,15,18). The zero-order valence-corrected chi connectivity index (χ0v) is 10.7. The normalized spacial score (nSPS) is 24.9. The number of phenols is 1. The summed E-state index contributed by atoms with van der Waals surface area (Å²) in [5, 5.41) is 20.2. The van der Waals surface area contributed by atoms with E-state index >= 15 is 0 Å². The lowest BCUT2D eigenvalue weighted by atomic mass is 9.89. The predicted octanol–water partition coefficient (Wildman–Crippen LogP) is 1.39. The number of nitrogens with zero attached hydrogens (tertiary/aromatic N) is 1. The summed E-state index contributed by atoms with van der Waals surface area (Å²) in [6.45, 7) is 4.00. The predicted molar refractivity (Wildman–Crippen MR) is 68.5 cm³/mol. The van der Waals surface area contributed by atoms with Crippen LogP contribution in [0.4, 0.5) is 4.79 Å². The summed E-state index contributed by atoms with van der Waals surface area (Å²) in [6, 6.07) is 4.42. The molecule has 1 fully saturated rings. The molecule has 0 radical (unpaired) electrons. The lowest BCUT2D eigenvalue weighted by Gasteiger charge is -2.34. The topological polar surface area (TPSA) is 85.7 Å². The van der Waals surface area contributed by atoms with Gasteiger partial charge in [-0.15, -0.1) is 0 Å². The maximum Gasteiger partial charge on any atom is 0.324 e. The summed E-state index contributed by atoms with van der Waals surface area (Å²) >= 11 is 0. The van der Waals surface area contributed by atoms with Crippen LogP contribution in [0.25, 0.3) is 0 Å². The second-order valence-electron chi connectivity index (χ2n) is 5.10. The van der Waals surface area contributed by atoms with E-state index in [1.807, 2.05) is 13.8 Å². The number of nitrogens with one attached hydrogen (secondary N) is 2. The van der Waals surface area contributed by atoms with Crippen molar-refractivity contribution < 1.29 is 14.6 Å². The molecule has 100 valence electrons. The van der Waals surface area contributed by atoms with E-state index in [1.165, 1.54) is 6.07 Å². The summed E-state index contributed by atoms with van der Waals surface area (Å²) in [7, 11) is 0. The molecule has 1 unspecified atom stereocenters. The third kappa shape index (κ3) is 1.36. The quantitative estimate of drug-likeness (QED) is 0.714. The first kappa shape index (κ1) is 11.8. The van der Waals surface area contributed by atoms with Gasteiger partial charge in [0, 0.05) is 17.7 Å². The molecule has 3 N–H and O–H groups in total. The minimum atomic E-state index is -0.895. The number of hydrogen-bond donors (Lipinski definition) is 3. The first-order chi connectivity index (χ1) is 8.96. The van der Waals surface area contributed by atoms with Crippen LogP contribution in [0.5, 0.6) is 11.5 Å². The largest absolute Gasteiger partial charge is 0.508 e. The van der Waals surface area contributed by atoms with Gasteiger partial charge in [-0.3, -0.25) is 10.7 Å². The molecular weight excluding hydrogens is 246 g/mol. The summed E-state index contributed by atoms with van der Waals surface area (Å²) in [5.74, 6) is 0.748. The molecule has 1 aromatic rings. The van der Waals surface area contributed by atoms with Gasteiger partial charge in [-0.1, -0.05) is 0 Å². The molecule has 0 bridgehead atoms. The highest BCUT2D eigenvalue weighted by Crippen LogP contribution is 2.45. The van der Waals surface area contributed by atoms with Gasteiger partial charge in [-0.05, 0) is 26.0 Å². The number of aromatic hydroxyl groups is 1. The van der Waals surface area contributed by atoms with Gasteiger partial charge in [0.25, 0.3) is 0 Å². The average Bonchev–Trinajstić information content (AvgIpc) is 2.80. The first-order valence-electron chi connectivity index (χ1n) is 6.12. The van der Waals surface area contributed by atoms with Crippen LogP contribution in [0, 0.1) is 5.41 Å². The second-order valence-corrected chi connectivity index (χ2v) is 5.10. The molecule has 2 amide bonds. The Morgan fingerprint density at radius 3 is 2.95 bits per heavy atom. The number of urea groups is 1. The molecule has 2 heterocycles. The molecule has 2 aliphatic rings. The van der Waals surface area contributed by atoms with Crippen LogP contribution >= 0.6 is 0 Å². The average molecular weight is 261 g/mol. The van der Waals surface area contributed by atoms with Crippen LogP contribution in [-0.4, -0.2) is 34.5 Å². The summed E-state index contributed by atoms with van der Waals surface area (Å²) in [4.78, 5) is 13.7. The number of amidine groups is 1. The van der Waals surface area contributed by atoms with E-state index in [4.69, 9.17) is 10.1 Å². The Labute approximate surface area is 110 Å². The van der Waals surface area contributed by atoms with E-state index in [2.05, 4.69) is 5.32 Å². The molecule has 0 saturated carbocycles. The lowest BCUT2D eigenvalue weighted by Crippen LogP contribution is -2.51. The molecular formula is C13H15N3O3. The number of fused-ring (bicyclic) bond motifs is 2. The van der Waals surface area contributed by atoms with Gasteiger partial charge in [0.1, 0.15) is 23.9 Å². The monoisotopic (exact) mass is 261 g/mol. The van der Waals surface area contributed by atoms with Crippen molar-refractivity contribution >= 4 is 11.9 Å². The molecule has 19 heavy (non-hydrogen) atoms. The van der Waals surface area contributed by atoms with Gasteiger partial charge in [0.05, 0.1) is 0 Å². The number of benzene rings is 1. The summed E-state index contributed by atoms with van der Waals surface area (Å²) in [5.41, 5.74) is -0.156. The number of rotatable bonds is 1. The van der Waals surface area contributed by atoms with E-state index < -0.39 is 5.54 Å². The summed E-state index contributed by atoms with van der Waals surface area (Å²) in [6.07, 6.45) is 0. The van der Waals surface area contributed by atoms with Gasteiger partial charge < -0.3 is 14.7 Å². The highest BCUT2D eigenvalue weighted by Gasteiger charge is 2.57. The number of hydrogen-bond acceptors (Lipinski definition) is 4. The zero-order valence-electron chi connectivity index (χ0n) is 10.7. The molecule has 6 nitrogen and oxygen atoms in total. The fourth-order valence-corrected chi connectivity index (χ4v) is 2.88. The smallest absolute Gasteiger partial charge is 0.324 e. The van der Waals surface area contributed by atoms with Crippen LogP contribution in [-0.2, 0) is 5.54 Å². The molecule has 1 atom stereocenters. The van der Waals surface area contributed by atoms with Crippen molar-refractivity contribution in [2.24, 2.45) is 0 Å². The summed E-state index contributed by atoms with van der Waals surface area (Å²) < 4.78 is 5.58. The van der Waals surface area contributed by atoms with Crippen molar-refractivity contribution in [3.8, 4) is 11.5 Å². The fourth-order valence-electron chi connectivity index (χ4n) is 2.88. The van der Waals surface area contributed by atoms with Crippen molar-refractivity contribution in [3.63, 3.8) is 0 Å². The number of ether oxygens (including phenoxy) is 1. The minimum Gasteiger partial charge on any atom is -0.508 e. The number of carbonyl (C=O) groups is 1. The van der Waals surface area contributed by atoms with Gasteiger partial charge in [0.2, 0.25) is 0 Å². The Morgan fingerprint density at radius 1 is 1.53 bits per heavy atom. The SMILES string of the molecule is CC(C)N1C(=O)NC(=N)C12COc1cc(O)ccc12. The Hall–Kier alpha value is -2.24. The van der Waals surface area contributed by atoms with Gasteiger partial charge in [0.15, 0.2) is 5.54 Å². The maximum atomic E-state index is 12.0. The van der Waals surface area contributed by atoms with Gasteiger partial charge >= 0.3 is 6.03 Å². The van der Waals surface area contributed by atoms with Crippen molar-refractivity contribution in [1.29, 1.82) is 5.41 Å². The molecule has 1 aromatic carbocycles. The van der Waals surface area contributed by atoms with Crippen molar-refractivity contribution in [1.82, 2.24) is 10.2 Å². The van der Waals surface area contributed by atoms with Crippen molar-refractivity contribution in [2.75, 3.05) is 6.61 Å². The van der Waals surface area contributed by atoms with Gasteiger partial charge in [-0.2, -0.15) is 0 Å². The van der Waals surface area contributed by atoms with Crippen molar-refractivity contribution in [2.45, 2.75) is 25.4 Å². The van der Waals surface area contributed by atoms with E-state index in [1.54, 1.807) is 17.0 Å². The second kappa shape index (κ2) is 3.63. The third-order valence-electron chi connectivity index (χ3n) is 3.64. The van der Waals surface area contributed by atoms with E-state index in [0.29, 0.717) is 5.75 Å². The highest BCUT2D eigenvalue weighted by atomic mass is 16.5. The molecule has 1 saturated heterocycles. The van der Waals surface area contributed by atoms with Crippen LogP contribution in [0.1, 0.15) is 19.4 Å². The Bertz CT molecular complexity index is 584. The molecule has 3 rings (SSSR count).